The predicted octanol–water partition coefficient (Wildman–Crippen LogP) is 2.97. The highest BCUT2D eigenvalue weighted by molar-refractivity contribution is 5.49. The first-order valence-corrected chi connectivity index (χ1v) is 5.63. The van der Waals surface area contributed by atoms with E-state index in [9.17, 15) is 13.2 Å². The van der Waals surface area contributed by atoms with Gasteiger partial charge in [0.2, 0.25) is 0 Å². The lowest BCUT2D eigenvalue weighted by Gasteiger charge is -2.11. The first-order valence-electron chi connectivity index (χ1n) is 5.63. The van der Waals surface area contributed by atoms with Crippen molar-refractivity contribution in [2.75, 3.05) is 11.9 Å². The molecule has 4 nitrogen and oxygen atoms in total. The number of aromatic amines is 1. The fourth-order valence-electron chi connectivity index (χ4n) is 2.04. The molecule has 0 saturated carbocycles. The highest BCUT2D eigenvalue weighted by Gasteiger charge is 2.33. The van der Waals surface area contributed by atoms with E-state index in [0.29, 0.717) is 12.2 Å². The third-order valence-electron chi connectivity index (χ3n) is 2.96. The number of anilines is 1. The Kier molecular flexibility index (Phi) is 2.62. The number of halogens is 3. The van der Waals surface area contributed by atoms with E-state index in [4.69, 9.17) is 4.74 Å². The van der Waals surface area contributed by atoms with Crippen LogP contribution in [0.5, 0.6) is 5.75 Å². The summed E-state index contributed by atoms with van der Waals surface area (Å²) in [6.07, 6.45) is -1.08. The molecule has 1 aromatic carbocycles. The second-order valence-electron chi connectivity index (χ2n) is 4.25. The summed E-state index contributed by atoms with van der Waals surface area (Å²) < 4.78 is 43.0. The SMILES string of the molecule is FC(F)(F)c1ccc2c(c1)OC[C@H]2Nc1cn[nH]c1. The largest absolute Gasteiger partial charge is 0.491 e. The van der Waals surface area contributed by atoms with Crippen molar-refractivity contribution >= 4 is 5.69 Å². The smallest absolute Gasteiger partial charge is 0.416 e. The topological polar surface area (TPSA) is 49.9 Å². The number of nitrogens with one attached hydrogen (secondary N) is 2. The molecule has 3 rings (SSSR count). The van der Waals surface area contributed by atoms with Gasteiger partial charge in [-0.15, -0.1) is 0 Å². The van der Waals surface area contributed by atoms with E-state index in [2.05, 4.69) is 15.5 Å². The molecule has 0 spiro atoms. The van der Waals surface area contributed by atoms with Gasteiger partial charge in [-0.2, -0.15) is 18.3 Å². The summed E-state index contributed by atoms with van der Waals surface area (Å²) in [6, 6.07) is 3.38. The lowest BCUT2D eigenvalue weighted by molar-refractivity contribution is -0.137. The molecule has 1 aliphatic rings. The fraction of sp³-hybridized carbons (Fsp3) is 0.250. The molecule has 7 heteroatoms. The molecule has 0 unspecified atom stereocenters. The van der Waals surface area contributed by atoms with Gasteiger partial charge in [-0.05, 0) is 12.1 Å². The van der Waals surface area contributed by atoms with Gasteiger partial charge in [0, 0.05) is 11.8 Å². The Labute approximate surface area is 106 Å². The van der Waals surface area contributed by atoms with Crippen LogP contribution in [-0.4, -0.2) is 16.8 Å². The zero-order valence-electron chi connectivity index (χ0n) is 9.66. The zero-order chi connectivity index (χ0) is 13.5. The van der Waals surface area contributed by atoms with E-state index in [0.717, 1.165) is 17.8 Å². The van der Waals surface area contributed by atoms with Crippen molar-refractivity contribution in [1.82, 2.24) is 10.2 Å². The maximum Gasteiger partial charge on any atom is 0.416 e. The third-order valence-corrected chi connectivity index (χ3v) is 2.96. The van der Waals surface area contributed by atoms with Crippen LogP contribution < -0.4 is 10.1 Å². The van der Waals surface area contributed by atoms with Gasteiger partial charge in [-0.3, -0.25) is 5.10 Å². The summed E-state index contributed by atoms with van der Waals surface area (Å²) in [6.45, 7) is 0.293. The third kappa shape index (κ3) is 2.23. The van der Waals surface area contributed by atoms with Gasteiger partial charge >= 0.3 is 6.18 Å². The number of nitrogens with zero attached hydrogens (tertiary/aromatic N) is 1. The summed E-state index contributed by atoms with van der Waals surface area (Å²) >= 11 is 0. The minimum absolute atomic E-state index is 0.171. The molecule has 0 amide bonds. The fourth-order valence-corrected chi connectivity index (χ4v) is 2.04. The van der Waals surface area contributed by atoms with E-state index in [-0.39, 0.29) is 11.8 Å². The normalized spacial score (nSPS) is 17.9. The van der Waals surface area contributed by atoms with Crippen LogP contribution in [0.3, 0.4) is 0 Å². The monoisotopic (exact) mass is 269 g/mol. The highest BCUT2D eigenvalue weighted by Crippen LogP contribution is 2.39. The molecule has 0 radical (unpaired) electrons. The first-order chi connectivity index (χ1) is 9.04. The van der Waals surface area contributed by atoms with Crippen LogP contribution in [0, 0.1) is 0 Å². The van der Waals surface area contributed by atoms with Crippen molar-refractivity contribution < 1.29 is 17.9 Å². The Morgan fingerprint density at radius 1 is 1.37 bits per heavy atom. The number of hydrogen-bond donors (Lipinski definition) is 2. The molecule has 0 bridgehead atoms. The number of fused-ring (bicyclic) bond motifs is 1. The van der Waals surface area contributed by atoms with Crippen molar-refractivity contribution in [2.24, 2.45) is 0 Å². The van der Waals surface area contributed by atoms with Gasteiger partial charge in [-0.1, -0.05) is 6.07 Å². The van der Waals surface area contributed by atoms with Gasteiger partial charge in [0.15, 0.2) is 0 Å². The molecule has 100 valence electrons. The average molecular weight is 269 g/mol. The molecule has 1 atom stereocenters. The standard InChI is InChI=1S/C12H10F3N3O/c13-12(14,15)7-1-2-9-10(6-19-11(9)3-7)18-8-4-16-17-5-8/h1-5,10,18H,6H2,(H,16,17)/t10-/m1/s1. The van der Waals surface area contributed by atoms with E-state index in [1.807, 2.05) is 0 Å². The Bertz CT molecular complexity index is 580. The minimum atomic E-state index is -4.35. The van der Waals surface area contributed by atoms with Gasteiger partial charge in [0.05, 0.1) is 23.5 Å². The van der Waals surface area contributed by atoms with Crippen LogP contribution in [0.2, 0.25) is 0 Å². The summed E-state index contributed by atoms with van der Waals surface area (Å²) in [4.78, 5) is 0. The number of ether oxygens (including phenoxy) is 1. The molecule has 0 fully saturated rings. The van der Waals surface area contributed by atoms with E-state index >= 15 is 0 Å². The molecule has 2 aromatic rings. The number of rotatable bonds is 2. The first kappa shape index (κ1) is 11.9. The zero-order valence-corrected chi connectivity index (χ0v) is 9.66. The maximum absolute atomic E-state index is 12.6. The summed E-state index contributed by atoms with van der Waals surface area (Å²) in [5, 5.41) is 9.58. The van der Waals surface area contributed by atoms with Crippen LogP contribution >= 0.6 is 0 Å². The molecule has 1 aromatic heterocycles. The molecule has 19 heavy (non-hydrogen) atoms. The minimum Gasteiger partial charge on any atom is -0.491 e. The number of alkyl halides is 3. The summed E-state index contributed by atoms with van der Waals surface area (Å²) in [5.41, 5.74) is 0.783. The number of H-pyrrole nitrogens is 1. The van der Waals surface area contributed by atoms with Crippen LogP contribution in [0.1, 0.15) is 17.2 Å². The summed E-state index contributed by atoms with van der Waals surface area (Å²) in [7, 11) is 0. The van der Waals surface area contributed by atoms with Crippen LogP contribution in [0.25, 0.3) is 0 Å². The maximum atomic E-state index is 12.6. The van der Waals surface area contributed by atoms with Crippen molar-refractivity contribution in [2.45, 2.75) is 12.2 Å². The van der Waals surface area contributed by atoms with Crippen molar-refractivity contribution in [3.8, 4) is 5.75 Å². The van der Waals surface area contributed by atoms with Crippen molar-refractivity contribution in [3.63, 3.8) is 0 Å². The Hall–Kier alpha value is -2.18. The number of benzene rings is 1. The van der Waals surface area contributed by atoms with Crippen LogP contribution in [0.15, 0.2) is 30.6 Å². The van der Waals surface area contributed by atoms with E-state index in [1.54, 1.807) is 12.4 Å². The predicted molar refractivity (Wildman–Crippen MR) is 61.9 cm³/mol. The molecule has 2 heterocycles. The number of hydrogen-bond acceptors (Lipinski definition) is 3. The molecular formula is C12H10F3N3O. The van der Waals surface area contributed by atoms with E-state index in [1.165, 1.54) is 6.07 Å². The summed E-state index contributed by atoms with van der Waals surface area (Å²) in [5.74, 6) is 0.274. The van der Waals surface area contributed by atoms with Gasteiger partial charge in [0.25, 0.3) is 0 Å². The Morgan fingerprint density at radius 3 is 2.89 bits per heavy atom. The Morgan fingerprint density at radius 2 is 2.21 bits per heavy atom. The van der Waals surface area contributed by atoms with Gasteiger partial charge < -0.3 is 10.1 Å². The molecule has 1 aliphatic heterocycles. The quantitative estimate of drug-likeness (QED) is 0.881. The Balaban J connectivity index is 1.85. The lowest BCUT2D eigenvalue weighted by atomic mass is 10.1. The van der Waals surface area contributed by atoms with Crippen molar-refractivity contribution in [3.05, 3.63) is 41.7 Å². The van der Waals surface area contributed by atoms with Crippen LogP contribution in [-0.2, 0) is 6.18 Å². The van der Waals surface area contributed by atoms with Crippen molar-refractivity contribution in [1.29, 1.82) is 0 Å². The second-order valence-corrected chi connectivity index (χ2v) is 4.25. The number of aromatic nitrogens is 2. The highest BCUT2D eigenvalue weighted by atomic mass is 19.4. The average Bonchev–Trinajstić information content (AvgIpc) is 2.98. The van der Waals surface area contributed by atoms with Gasteiger partial charge in [-0.25, -0.2) is 0 Å². The van der Waals surface area contributed by atoms with E-state index < -0.39 is 11.7 Å². The van der Waals surface area contributed by atoms with Crippen LogP contribution in [0.4, 0.5) is 18.9 Å². The molecule has 0 aliphatic carbocycles. The second kappa shape index (κ2) is 4.18. The molecule has 0 saturated heterocycles. The molecular weight excluding hydrogens is 259 g/mol. The van der Waals surface area contributed by atoms with Gasteiger partial charge in [0.1, 0.15) is 12.4 Å². The molecule has 2 N–H and O–H groups in total. The lowest BCUT2D eigenvalue weighted by Crippen LogP contribution is -2.11.